The molecule has 0 aliphatic heterocycles. The van der Waals surface area contributed by atoms with Crippen molar-refractivity contribution < 1.29 is 9.59 Å². The second kappa shape index (κ2) is 9.75. The first-order valence-corrected chi connectivity index (χ1v) is 10.0. The Kier molecular flexibility index (Phi) is 6.86. The minimum atomic E-state index is -0.270. The van der Waals surface area contributed by atoms with Crippen LogP contribution < -0.4 is 10.6 Å². The van der Waals surface area contributed by atoms with Crippen LogP contribution in [0, 0.1) is 0 Å². The van der Waals surface area contributed by atoms with E-state index in [0.717, 1.165) is 18.1 Å². The number of thioether (sulfide) groups is 1. The van der Waals surface area contributed by atoms with Crippen LogP contribution in [-0.2, 0) is 11.3 Å². The highest BCUT2D eigenvalue weighted by Crippen LogP contribution is 2.20. The summed E-state index contributed by atoms with van der Waals surface area (Å²) in [7, 11) is 0. The number of anilines is 2. The molecular weight excluding hydrogens is 372 g/mol. The molecule has 144 valence electrons. The third kappa shape index (κ3) is 5.23. The number of nitrogens with zero attached hydrogens (tertiary/aromatic N) is 2. The van der Waals surface area contributed by atoms with Gasteiger partial charge in [0.1, 0.15) is 0 Å². The third-order valence-corrected chi connectivity index (χ3v) is 4.96. The predicted octanol–water partition coefficient (Wildman–Crippen LogP) is 4.28. The normalized spacial score (nSPS) is 10.5. The van der Waals surface area contributed by atoms with Gasteiger partial charge in [-0.1, -0.05) is 49.0 Å². The Labute approximate surface area is 168 Å². The van der Waals surface area contributed by atoms with Crippen molar-refractivity contribution in [2.45, 2.75) is 25.0 Å². The van der Waals surface area contributed by atoms with Crippen LogP contribution in [0.4, 0.5) is 11.4 Å². The largest absolute Gasteiger partial charge is 0.326 e. The summed E-state index contributed by atoms with van der Waals surface area (Å²) in [5.41, 5.74) is 1.60. The molecule has 3 aromatic rings. The molecule has 1 heterocycles. The van der Waals surface area contributed by atoms with Crippen molar-refractivity contribution in [3.05, 3.63) is 72.6 Å². The average Bonchev–Trinajstić information content (AvgIpc) is 3.15. The van der Waals surface area contributed by atoms with E-state index < -0.39 is 0 Å². The van der Waals surface area contributed by atoms with Crippen LogP contribution in [0.1, 0.15) is 23.7 Å². The number of imidazole rings is 1. The highest BCUT2D eigenvalue weighted by molar-refractivity contribution is 7.99. The van der Waals surface area contributed by atoms with Gasteiger partial charge in [0.15, 0.2) is 5.16 Å². The van der Waals surface area contributed by atoms with E-state index in [1.807, 2.05) is 41.1 Å². The lowest BCUT2D eigenvalue weighted by atomic mass is 10.1. The molecule has 2 amide bonds. The Morgan fingerprint density at radius 2 is 1.79 bits per heavy atom. The van der Waals surface area contributed by atoms with Gasteiger partial charge in [-0.15, -0.1) is 0 Å². The van der Waals surface area contributed by atoms with Crippen LogP contribution in [0.15, 0.2) is 72.1 Å². The molecule has 0 spiro atoms. The van der Waals surface area contributed by atoms with Crippen LogP contribution in [-0.4, -0.2) is 27.1 Å². The second-order valence-corrected chi connectivity index (χ2v) is 7.05. The minimum absolute atomic E-state index is 0.184. The molecule has 3 rings (SSSR count). The van der Waals surface area contributed by atoms with E-state index in [1.165, 1.54) is 11.8 Å². The van der Waals surface area contributed by atoms with Crippen molar-refractivity contribution >= 4 is 35.0 Å². The summed E-state index contributed by atoms with van der Waals surface area (Å²) in [6.07, 6.45) is 4.64. The van der Waals surface area contributed by atoms with Gasteiger partial charge in [-0.2, -0.15) is 0 Å². The summed E-state index contributed by atoms with van der Waals surface area (Å²) in [6, 6.07) is 16.2. The molecule has 1 aromatic heterocycles. The molecule has 0 aliphatic carbocycles. The number of para-hydroxylation sites is 2. The van der Waals surface area contributed by atoms with E-state index in [2.05, 4.69) is 22.5 Å². The fraction of sp³-hybridized carbons (Fsp3) is 0.190. The van der Waals surface area contributed by atoms with Crippen LogP contribution in [0.5, 0.6) is 0 Å². The number of amides is 2. The van der Waals surface area contributed by atoms with Gasteiger partial charge >= 0.3 is 0 Å². The van der Waals surface area contributed by atoms with E-state index >= 15 is 0 Å². The number of nitrogens with one attached hydrogen (secondary N) is 2. The fourth-order valence-corrected chi connectivity index (χ4v) is 3.46. The number of benzene rings is 2. The van der Waals surface area contributed by atoms with E-state index in [4.69, 9.17) is 0 Å². The Hall–Kier alpha value is -3.06. The molecule has 2 aromatic carbocycles. The minimum Gasteiger partial charge on any atom is -0.326 e. The van der Waals surface area contributed by atoms with Crippen molar-refractivity contribution in [2.75, 3.05) is 16.4 Å². The topological polar surface area (TPSA) is 76.0 Å². The zero-order valence-electron chi connectivity index (χ0n) is 15.6. The molecule has 0 radical (unpaired) electrons. The Bertz CT molecular complexity index is 940. The zero-order valence-corrected chi connectivity index (χ0v) is 16.4. The van der Waals surface area contributed by atoms with Gasteiger partial charge in [-0.3, -0.25) is 9.59 Å². The number of carbonyl (C=O) groups excluding carboxylic acids is 2. The molecule has 0 fully saturated rings. The highest BCUT2D eigenvalue weighted by atomic mass is 32.2. The smallest absolute Gasteiger partial charge is 0.257 e. The molecule has 0 unspecified atom stereocenters. The maximum absolute atomic E-state index is 12.6. The van der Waals surface area contributed by atoms with Crippen molar-refractivity contribution in [1.82, 2.24) is 9.55 Å². The maximum atomic E-state index is 12.6. The quantitative estimate of drug-likeness (QED) is 0.559. The van der Waals surface area contributed by atoms with Crippen molar-refractivity contribution in [1.29, 1.82) is 0 Å². The van der Waals surface area contributed by atoms with E-state index in [-0.39, 0.29) is 17.6 Å². The summed E-state index contributed by atoms with van der Waals surface area (Å²) in [5.74, 6) is -0.237. The second-order valence-electron chi connectivity index (χ2n) is 6.11. The average molecular weight is 395 g/mol. The SMILES string of the molecule is CCCn1ccnc1SCC(=O)Nc1ccccc1C(=O)Nc1ccccc1. The van der Waals surface area contributed by atoms with Crippen molar-refractivity contribution in [3.63, 3.8) is 0 Å². The number of rotatable bonds is 8. The highest BCUT2D eigenvalue weighted by Gasteiger charge is 2.14. The molecule has 0 saturated heterocycles. The molecule has 2 N–H and O–H groups in total. The van der Waals surface area contributed by atoms with Gasteiger partial charge in [-0.05, 0) is 30.7 Å². The number of hydrogen-bond acceptors (Lipinski definition) is 4. The first-order chi connectivity index (χ1) is 13.7. The first-order valence-electron chi connectivity index (χ1n) is 9.06. The molecule has 0 bridgehead atoms. The number of hydrogen-bond donors (Lipinski definition) is 2. The molecule has 0 aliphatic rings. The van der Waals surface area contributed by atoms with Crippen molar-refractivity contribution in [2.24, 2.45) is 0 Å². The van der Waals surface area contributed by atoms with Crippen molar-refractivity contribution in [3.8, 4) is 0 Å². The summed E-state index contributed by atoms with van der Waals surface area (Å²) >= 11 is 1.38. The van der Waals surface area contributed by atoms with E-state index in [1.54, 1.807) is 30.5 Å². The predicted molar refractivity (Wildman–Crippen MR) is 113 cm³/mol. The summed E-state index contributed by atoms with van der Waals surface area (Å²) in [5, 5.41) is 6.48. The number of aryl methyl sites for hydroxylation is 1. The molecule has 7 heteroatoms. The van der Waals surface area contributed by atoms with Crippen LogP contribution in [0.25, 0.3) is 0 Å². The van der Waals surface area contributed by atoms with Gasteiger partial charge in [0.2, 0.25) is 5.91 Å². The summed E-state index contributed by atoms with van der Waals surface area (Å²) < 4.78 is 2.03. The number of aromatic nitrogens is 2. The monoisotopic (exact) mass is 394 g/mol. The lowest BCUT2D eigenvalue weighted by Crippen LogP contribution is -2.19. The van der Waals surface area contributed by atoms with E-state index in [9.17, 15) is 9.59 Å². The first kappa shape index (κ1) is 19.7. The molecule has 0 saturated carbocycles. The Morgan fingerprint density at radius 3 is 2.57 bits per heavy atom. The number of carbonyl (C=O) groups is 2. The van der Waals surface area contributed by atoms with Gasteiger partial charge < -0.3 is 15.2 Å². The summed E-state index contributed by atoms with van der Waals surface area (Å²) in [4.78, 5) is 29.3. The van der Waals surface area contributed by atoms with Gasteiger partial charge in [0, 0.05) is 24.6 Å². The fourth-order valence-electron chi connectivity index (χ4n) is 2.67. The third-order valence-electron chi connectivity index (χ3n) is 3.95. The van der Waals surface area contributed by atoms with Gasteiger partial charge in [0.25, 0.3) is 5.91 Å². The molecule has 28 heavy (non-hydrogen) atoms. The van der Waals surface area contributed by atoms with Gasteiger partial charge in [-0.25, -0.2) is 4.98 Å². The standard InChI is InChI=1S/C21H22N4O2S/c1-2-13-25-14-12-22-21(25)28-15-19(26)24-18-11-7-6-10-17(18)20(27)23-16-8-4-3-5-9-16/h3-12,14H,2,13,15H2,1H3,(H,23,27)(H,24,26). The van der Waals surface area contributed by atoms with Crippen LogP contribution in [0.3, 0.4) is 0 Å². The lowest BCUT2D eigenvalue weighted by molar-refractivity contribution is -0.113. The van der Waals surface area contributed by atoms with E-state index in [0.29, 0.717) is 16.9 Å². The molecule has 6 nitrogen and oxygen atoms in total. The van der Waals surface area contributed by atoms with Crippen LogP contribution in [0.2, 0.25) is 0 Å². The van der Waals surface area contributed by atoms with Gasteiger partial charge in [0.05, 0.1) is 17.0 Å². The summed E-state index contributed by atoms with van der Waals surface area (Å²) in [6.45, 7) is 2.96. The van der Waals surface area contributed by atoms with Crippen LogP contribution >= 0.6 is 11.8 Å². The maximum Gasteiger partial charge on any atom is 0.257 e. The lowest BCUT2D eigenvalue weighted by Gasteiger charge is -2.11. The molecule has 0 atom stereocenters. The Balaban J connectivity index is 1.63. The molecular formula is C21H22N4O2S. The Morgan fingerprint density at radius 1 is 1.04 bits per heavy atom. The zero-order chi connectivity index (χ0) is 19.8.